The van der Waals surface area contributed by atoms with E-state index in [9.17, 15) is 9.59 Å². The summed E-state index contributed by atoms with van der Waals surface area (Å²) in [5, 5.41) is 5.13. The largest absolute Gasteiger partial charge is 0.296 e. The Kier molecular flexibility index (Phi) is 4.54. The molecule has 0 bridgehead atoms. The van der Waals surface area contributed by atoms with Crippen molar-refractivity contribution in [1.29, 1.82) is 0 Å². The standard InChI is InChI=1S/C23H22N6O2/c1-15-20(23(31)29(27(15)2)16-9-4-3-5-10-16)26-25-19-13-8-14-28-21(19)24-18-12-7-6-11-17(18)22(28)30/h3-7,9-12,26H,8,13-14H2,1-2H3/b25-19+. The number of hydrogen-bond acceptors (Lipinski definition) is 5. The van der Waals surface area contributed by atoms with E-state index in [1.807, 2.05) is 62.5 Å². The summed E-state index contributed by atoms with van der Waals surface area (Å²) in [6.07, 6.45) is 1.46. The fourth-order valence-corrected chi connectivity index (χ4v) is 4.04. The van der Waals surface area contributed by atoms with Gasteiger partial charge in [-0.15, -0.1) is 0 Å². The quantitative estimate of drug-likeness (QED) is 0.523. The first-order valence-corrected chi connectivity index (χ1v) is 10.2. The highest BCUT2D eigenvalue weighted by atomic mass is 16.1. The number of para-hydroxylation sites is 2. The summed E-state index contributed by atoms with van der Waals surface area (Å²) in [6, 6.07) is 16.8. The summed E-state index contributed by atoms with van der Waals surface area (Å²) >= 11 is 0. The van der Waals surface area contributed by atoms with Crippen LogP contribution in [0.2, 0.25) is 0 Å². The van der Waals surface area contributed by atoms with Gasteiger partial charge in [0.15, 0.2) is 5.82 Å². The Hall–Kier alpha value is -3.94. The Morgan fingerprint density at radius 2 is 1.74 bits per heavy atom. The average molecular weight is 414 g/mol. The molecule has 1 N–H and O–H groups in total. The van der Waals surface area contributed by atoms with E-state index in [2.05, 4.69) is 15.5 Å². The van der Waals surface area contributed by atoms with Gasteiger partial charge in [-0.3, -0.25) is 24.3 Å². The van der Waals surface area contributed by atoms with E-state index in [1.165, 1.54) is 0 Å². The highest BCUT2D eigenvalue weighted by Crippen LogP contribution is 2.18. The van der Waals surface area contributed by atoms with Crippen molar-refractivity contribution in [3.8, 4) is 5.69 Å². The number of fused-ring (bicyclic) bond motifs is 2. The second-order valence-electron chi connectivity index (χ2n) is 7.62. The van der Waals surface area contributed by atoms with Crippen molar-refractivity contribution in [2.45, 2.75) is 26.3 Å². The highest BCUT2D eigenvalue weighted by molar-refractivity contribution is 6.00. The van der Waals surface area contributed by atoms with Crippen LogP contribution in [0.25, 0.3) is 16.6 Å². The van der Waals surface area contributed by atoms with Crippen LogP contribution in [0.1, 0.15) is 24.4 Å². The smallest absolute Gasteiger partial charge is 0.291 e. The van der Waals surface area contributed by atoms with Crippen molar-refractivity contribution >= 4 is 22.3 Å². The number of hydrogen-bond donors (Lipinski definition) is 1. The number of rotatable bonds is 3. The molecule has 0 amide bonds. The van der Waals surface area contributed by atoms with Crippen molar-refractivity contribution in [2.75, 3.05) is 5.43 Å². The minimum Gasteiger partial charge on any atom is -0.291 e. The zero-order valence-electron chi connectivity index (χ0n) is 17.4. The first-order valence-electron chi connectivity index (χ1n) is 10.2. The van der Waals surface area contributed by atoms with Crippen molar-refractivity contribution in [3.05, 3.63) is 86.8 Å². The van der Waals surface area contributed by atoms with E-state index in [0.717, 1.165) is 17.8 Å². The van der Waals surface area contributed by atoms with Crippen LogP contribution >= 0.6 is 0 Å². The van der Waals surface area contributed by atoms with E-state index >= 15 is 0 Å². The topological polar surface area (TPSA) is 86.2 Å². The first kappa shape index (κ1) is 19.0. The van der Waals surface area contributed by atoms with Gasteiger partial charge in [-0.25, -0.2) is 9.67 Å². The Bertz CT molecular complexity index is 1440. The first-order chi connectivity index (χ1) is 15.1. The Balaban J connectivity index is 1.58. The zero-order valence-corrected chi connectivity index (χ0v) is 17.4. The summed E-state index contributed by atoms with van der Waals surface area (Å²) in [7, 11) is 1.84. The Labute approximate surface area is 178 Å². The maximum atomic E-state index is 13.1. The molecule has 156 valence electrons. The maximum Gasteiger partial charge on any atom is 0.296 e. The molecule has 1 aliphatic rings. The average Bonchev–Trinajstić information content (AvgIpc) is 3.01. The summed E-state index contributed by atoms with van der Waals surface area (Å²) < 4.78 is 5.07. The summed E-state index contributed by atoms with van der Waals surface area (Å²) in [6.45, 7) is 2.48. The molecule has 0 atom stereocenters. The molecule has 0 unspecified atom stereocenters. The molecule has 0 aliphatic carbocycles. The van der Waals surface area contributed by atoms with Crippen LogP contribution in [0, 0.1) is 6.92 Å². The molecule has 0 fully saturated rings. The van der Waals surface area contributed by atoms with Gasteiger partial charge in [0.2, 0.25) is 0 Å². The van der Waals surface area contributed by atoms with Gasteiger partial charge in [0.25, 0.3) is 11.1 Å². The molecule has 0 saturated carbocycles. The number of hydrazone groups is 1. The van der Waals surface area contributed by atoms with Crippen molar-refractivity contribution in [2.24, 2.45) is 12.1 Å². The molecule has 2 aromatic carbocycles. The zero-order chi connectivity index (χ0) is 21.5. The second-order valence-corrected chi connectivity index (χ2v) is 7.62. The second kappa shape index (κ2) is 7.39. The van der Waals surface area contributed by atoms with E-state index < -0.39 is 0 Å². The fourth-order valence-electron chi connectivity index (χ4n) is 4.04. The van der Waals surface area contributed by atoms with Crippen LogP contribution in [0.15, 0.2) is 69.3 Å². The lowest BCUT2D eigenvalue weighted by molar-refractivity contribution is 0.597. The van der Waals surface area contributed by atoms with Gasteiger partial charge in [-0.05, 0) is 44.0 Å². The van der Waals surface area contributed by atoms with E-state index in [1.54, 1.807) is 20.0 Å². The number of anilines is 1. The van der Waals surface area contributed by atoms with Crippen LogP contribution in [0.3, 0.4) is 0 Å². The van der Waals surface area contributed by atoms with E-state index in [-0.39, 0.29) is 11.1 Å². The van der Waals surface area contributed by atoms with Gasteiger partial charge in [0, 0.05) is 13.6 Å². The molecular formula is C23H22N6O2. The summed E-state index contributed by atoms with van der Waals surface area (Å²) in [4.78, 5) is 30.7. The lowest BCUT2D eigenvalue weighted by Crippen LogP contribution is -2.32. The monoisotopic (exact) mass is 414 g/mol. The van der Waals surface area contributed by atoms with Crippen LogP contribution in [0.4, 0.5) is 5.69 Å². The van der Waals surface area contributed by atoms with Gasteiger partial charge < -0.3 is 0 Å². The van der Waals surface area contributed by atoms with Crippen LogP contribution in [0.5, 0.6) is 0 Å². The third kappa shape index (κ3) is 3.07. The summed E-state index contributed by atoms with van der Waals surface area (Å²) in [5.41, 5.74) is 5.99. The summed E-state index contributed by atoms with van der Waals surface area (Å²) in [5.74, 6) is 0.555. The van der Waals surface area contributed by atoms with Gasteiger partial charge in [-0.1, -0.05) is 30.3 Å². The molecule has 4 aromatic rings. The SMILES string of the molecule is Cc1c(N/N=C2\CCCn3c2nc2ccccc2c3=O)c(=O)n(-c2ccccc2)n1C. The van der Waals surface area contributed by atoms with E-state index in [0.29, 0.717) is 41.1 Å². The van der Waals surface area contributed by atoms with Gasteiger partial charge in [0.1, 0.15) is 11.4 Å². The van der Waals surface area contributed by atoms with Gasteiger partial charge >= 0.3 is 0 Å². The number of aromatic nitrogens is 4. The molecule has 31 heavy (non-hydrogen) atoms. The van der Waals surface area contributed by atoms with Crippen LogP contribution in [-0.2, 0) is 13.6 Å². The molecule has 8 nitrogen and oxygen atoms in total. The lowest BCUT2D eigenvalue weighted by Gasteiger charge is -2.19. The predicted octanol–water partition coefficient (Wildman–Crippen LogP) is 2.80. The molecule has 2 aromatic heterocycles. The Morgan fingerprint density at radius 1 is 1.00 bits per heavy atom. The maximum absolute atomic E-state index is 13.1. The molecular weight excluding hydrogens is 392 g/mol. The minimum atomic E-state index is -0.185. The number of nitrogens with one attached hydrogen (secondary N) is 1. The van der Waals surface area contributed by atoms with Crippen molar-refractivity contribution in [1.82, 2.24) is 18.9 Å². The molecule has 0 spiro atoms. The van der Waals surface area contributed by atoms with Gasteiger partial charge in [-0.2, -0.15) is 5.10 Å². The normalized spacial score (nSPS) is 14.7. The minimum absolute atomic E-state index is 0.0599. The van der Waals surface area contributed by atoms with Gasteiger partial charge in [0.05, 0.1) is 22.3 Å². The third-order valence-electron chi connectivity index (χ3n) is 5.77. The molecule has 5 rings (SSSR count). The third-order valence-corrected chi connectivity index (χ3v) is 5.77. The fraction of sp³-hybridized carbons (Fsp3) is 0.217. The van der Waals surface area contributed by atoms with Crippen LogP contribution in [-0.4, -0.2) is 24.6 Å². The number of benzene rings is 2. The predicted molar refractivity (Wildman–Crippen MR) is 121 cm³/mol. The van der Waals surface area contributed by atoms with Crippen LogP contribution < -0.4 is 16.5 Å². The molecule has 8 heteroatoms. The van der Waals surface area contributed by atoms with E-state index in [4.69, 9.17) is 0 Å². The lowest BCUT2D eigenvalue weighted by atomic mass is 10.1. The Morgan fingerprint density at radius 3 is 2.55 bits per heavy atom. The molecule has 0 radical (unpaired) electrons. The molecule has 0 saturated heterocycles. The molecule has 1 aliphatic heterocycles. The van der Waals surface area contributed by atoms with Crippen molar-refractivity contribution in [3.63, 3.8) is 0 Å². The number of nitrogens with zero attached hydrogens (tertiary/aromatic N) is 5. The van der Waals surface area contributed by atoms with Crippen molar-refractivity contribution < 1.29 is 0 Å². The highest BCUT2D eigenvalue weighted by Gasteiger charge is 2.21. The molecule has 3 heterocycles.